The number of carbonyl (C=O) groups is 2. The molecule has 1 N–H and O–H groups in total. The van der Waals surface area contributed by atoms with Crippen LogP contribution in [0.15, 0.2) is 84.9 Å². The molecule has 3 aromatic rings. The summed E-state index contributed by atoms with van der Waals surface area (Å²) in [6, 6.07) is 24.5. The fraction of sp³-hybridized carbons (Fsp3) is 0.286. The molecule has 0 aliphatic carbocycles. The minimum absolute atomic E-state index is 0.123. The van der Waals surface area contributed by atoms with Gasteiger partial charge in [-0.2, -0.15) is 0 Å². The van der Waals surface area contributed by atoms with E-state index in [4.69, 9.17) is 0 Å². The molecule has 33 heavy (non-hydrogen) atoms. The van der Waals surface area contributed by atoms with Crippen LogP contribution in [0.1, 0.15) is 48.9 Å². The van der Waals surface area contributed by atoms with Gasteiger partial charge in [0.05, 0.1) is 0 Å². The molecule has 1 atom stereocenters. The Morgan fingerprint density at radius 3 is 2.15 bits per heavy atom. The molecule has 0 spiro atoms. The second kappa shape index (κ2) is 12.5. The number of nitrogens with one attached hydrogen (secondary N) is 1. The smallest absolute Gasteiger partial charge is 0.247 e. The molecule has 172 valence electrons. The van der Waals surface area contributed by atoms with E-state index in [0.29, 0.717) is 13.0 Å². The Hall–Kier alpha value is -3.47. The second-order valence-corrected chi connectivity index (χ2v) is 8.09. The lowest BCUT2D eigenvalue weighted by molar-refractivity contribution is -0.141. The van der Waals surface area contributed by atoms with Crippen molar-refractivity contribution in [1.29, 1.82) is 0 Å². The van der Waals surface area contributed by atoms with Crippen LogP contribution >= 0.6 is 0 Å². The van der Waals surface area contributed by atoms with Gasteiger partial charge in [-0.1, -0.05) is 86.1 Å². The van der Waals surface area contributed by atoms with Gasteiger partial charge in [0.25, 0.3) is 0 Å². The van der Waals surface area contributed by atoms with Gasteiger partial charge in [-0.05, 0) is 41.7 Å². The zero-order valence-electron chi connectivity index (χ0n) is 19.0. The monoisotopic (exact) mass is 446 g/mol. The highest BCUT2D eigenvalue weighted by molar-refractivity contribution is 5.88. The number of unbranched alkanes of at least 4 members (excludes halogenated alkanes) is 1. The standard InChI is InChI=1S/C28H31FN2O2/c1-2-3-20-30-28(33)27(24-12-8-5-9-13-24)31(21-23-14-17-25(29)18-15-23)26(32)19-16-22-10-6-4-7-11-22/h4-15,17-18,27H,2-3,16,19-21H2,1H3,(H,30,33)/t27-/m1/s1. The summed E-state index contributed by atoms with van der Waals surface area (Å²) >= 11 is 0. The lowest BCUT2D eigenvalue weighted by Gasteiger charge is -2.32. The molecule has 0 heterocycles. The predicted molar refractivity (Wildman–Crippen MR) is 129 cm³/mol. The molecule has 0 saturated heterocycles. The van der Waals surface area contributed by atoms with Crippen LogP contribution in [0.3, 0.4) is 0 Å². The highest BCUT2D eigenvalue weighted by Crippen LogP contribution is 2.25. The summed E-state index contributed by atoms with van der Waals surface area (Å²) in [4.78, 5) is 28.4. The maximum atomic E-state index is 13.5. The zero-order chi connectivity index (χ0) is 23.5. The fourth-order valence-electron chi connectivity index (χ4n) is 3.74. The Bertz CT molecular complexity index is 1010. The maximum Gasteiger partial charge on any atom is 0.247 e. The van der Waals surface area contributed by atoms with E-state index in [1.165, 1.54) is 12.1 Å². The van der Waals surface area contributed by atoms with E-state index >= 15 is 0 Å². The number of halogens is 1. The zero-order valence-corrected chi connectivity index (χ0v) is 19.0. The molecule has 4 nitrogen and oxygen atoms in total. The molecule has 0 aliphatic heterocycles. The van der Waals surface area contributed by atoms with Crippen LogP contribution in [0.4, 0.5) is 4.39 Å². The van der Waals surface area contributed by atoms with E-state index in [9.17, 15) is 14.0 Å². The minimum atomic E-state index is -0.767. The van der Waals surface area contributed by atoms with Crippen molar-refractivity contribution in [3.63, 3.8) is 0 Å². The van der Waals surface area contributed by atoms with Crippen molar-refractivity contribution in [3.8, 4) is 0 Å². The molecule has 0 unspecified atom stereocenters. The Kier molecular flexibility index (Phi) is 9.19. The average Bonchev–Trinajstić information content (AvgIpc) is 2.85. The summed E-state index contributed by atoms with van der Waals surface area (Å²) in [6.07, 6.45) is 2.69. The third-order valence-corrected chi connectivity index (χ3v) is 5.56. The van der Waals surface area contributed by atoms with Gasteiger partial charge in [-0.25, -0.2) is 4.39 Å². The van der Waals surface area contributed by atoms with E-state index in [2.05, 4.69) is 12.2 Å². The third-order valence-electron chi connectivity index (χ3n) is 5.56. The van der Waals surface area contributed by atoms with Gasteiger partial charge >= 0.3 is 0 Å². The lowest BCUT2D eigenvalue weighted by Crippen LogP contribution is -2.43. The topological polar surface area (TPSA) is 49.4 Å². The average molecular weight is 447 g/mol. The van der Waals surface area contributed by atoms with Crippen LogP contribution in [0.25, 0.3) is 0 Å². The Balaban J connectivity index is 1.90. The second-order valence-electron chi connectivity index (χ2n) is 8.09. The first-order valence-corrected chi connectivity index (χ1v) is 11.5. The SMILES string of the molecule is CCCCNC(=O)[C@@H](c1ccccc1)N(Cc1ccc(F)cc1)C(=O)CCc1ccccc1. The summed E-state index contributed by atoms with van der Waals surface area (Å²) in [5.41, 5.74) is 2.59. The van der Waals surface area contributed by atoms with Crippen LogP contribution in [0.5, 0.6) is 0 Å². The molecule has 0 aliphatic rings. The van der Waals surface area contributed by atoms with Crippen LogP contribution < -0.4 is 5.32 Å². The van der Waals surface area contributed by atoms with E-state index in [-0.39, 0.29) is 30.6 Å². The molecule has 3 aromatic carbocycles. The number of benzene rings is 3. The van der Waals surface area contributed by atoms with E-state index in [1.807, 2.05) is 60.7 Å². The summed E-state index contributed by atoms with van der Waals surface area (Å²) in [5, 5.41) is 2.99. The number of hydrogen-bond acceptors (Lipinski definition) is 2. The van der Waals surface area contributed by atoms with Crippen LogP contribution in [0, 0.1) is 5.82 Å². The molecule has 3 rings (SSSR count). The van der Waals surface area contributed by atoms with E-state index in [0.717, 1.165) is 29.5 Å². The predicted octanol–water partition coefficient (Wildman–Crippen LogP) is 5.44. The number of nitrogens with zero attached hydrogens (tertiary/aromatic N) is 1. The molecular formula is C28H31FN2O2. The number of amides is 2. The third kappa shape index (κ3) is 7.28. The van der Waals surface area contributed by atoms with Crippen molar-refractivity contribution in [2.24, 2.45) is 0 Å². The fourth-order valence-corrected chi connectivity index (χ4v) is 3.74. The Morgan fingerprint density at radius 2 is 1.52 bits per heavy atom. The van der Waals surface area contributed by atoms with Gasteiger partial charge in [0.15, 0.2) is 0 Å². The molecule has 0 aromatic heterocycles. The van der Waals surface area contributed by atoms with Gasteiger partial charge in [0.2, 0.25) is 11.8 Å². The molecule has 5 heteroatoms. The van der Waals surface area contributed by atoms with Crippen molar-refractivity contribution in [2.75, 3.05) is 6.54 Å². The molecule has 0 saturated carbocycles. The quantitative estimate of drug-likeness (QED) is 0.399. The maximum absolute atomic E-state index is 13.5. The Morgan fingerprint density at radius 1 is 0.879 bits per heavy atom. The van der Waals surface area contributed by atoms with Gasteiger partial charge in [-0.15, -0.1) is 0 Å². The molecule has 2 amide bonds. The van der Waals surface area contributed by atoms with Gasteiger partial charge in [0.1, 0.15) is 11.9 Å². The van der Waals surface area contributed by atoms with Crippen molar-refractivity contribution >= 4 is 11.8 Å². The highest BCUT2D eigenvalue weighted by Gasteiger charge is 2.31. The first-order valence-electron chi connectivity index (χ1n) is 11.5. The summed E-state index contributed by atoms with van der Waals surface area (Å²) in [7, 11) is 0. The number of hydrogen-bond donors (Lipinski definition) is 1. The number of aryl methyl sites for hydroxylation is 1. The summed E-state index contributed by atoms with van der Waals surface area (Å²) < 4.78 is 13.5. The lowest BCUT2D eigenvalue weighted by atomic mass is 10.0. The molecule has 0 bridgehead atoms. The summed E-state index contributed by atoms with van der Waals surface area (Å²) in [6.45, 7) is 2.84. The van der Waals surface area contributed by atoms with E-state index < -0.39 is 6.04 Å². The first kappa shape index (κ1) is 24.2. The van der Waals surface area contributed by atoms with E-state index in [1.54, 1.807) is 17.0 Å². The molecule has 0 fully saturated rings. The van der Waals surface area contributed by atoms with Crippen molar-refractivity contribution in [1.82, 2.24) is 10.2 Å². The van der Waals surface area contributed by atoms with Gasteiger partial charge < -0.3 is 10.2 Å². The minimum Gasteiger partial charge on any atom is -0.354 e. The van der Waals surface area contributed by atoms with Gasteiger partial charge in [0, 0.05) is 19.5 Å². The van der Waals surface area contributed by atoms with Crippen LogP contribution in [0.2, 0.25) is 0 Å². The summed E-state index contributed by atoms with van der Waals surface area (Å²) in [5.74, 6) is -0.662. The highest BCUT2D eigenvalue weighted by atomic mass is 19.1. The van der Waals surface area contributed by atoms with Crippen LogP contribution in [-0.4, -0.2) is 23.3 Å². The van der Waals surface area contributed by atoms with Crippen LogP contribution in [-0.2, 0) is 22.6 Å². The normalized spacial score (nSPS) is 11.6. The van der Waals surface area contributed by atoms with Crippen molar-refractivity contribution < 1.29 is 14.0 Å². The number of rotatable bonds is 11. The number of carbonyl (C=O) groups excluding carboxylic acids is 2. The molecule has 0 radical (unpaired) electrons. The van der Waals surface area contributed by atoms with Gasteiger partial charge in [-0.3, -0.25) is 9.59 Å². The largest absolute Gasteiger partial charge is 0.354 e. The molecular weight excluding hydrogens is 415 g/mol. The first-order chi connectivity index (χ1) is 16.1. The Labute approximate surface area is 195 Å². The van der Waals surface area contributed by atoms with Crippen molar-refractivity contribution in [3.05, 3.63) is 107 Å². The van der Waals surface area contributed by atoms with Crippen molar-refractivity contribution in [2.45, 2.75) is 45.2 Å².